The molecule has 0 saturated heterocycles. The highest BCUT2D eigenvalue weighted by molar-refractivity contribution is 5.27. The molecule has 2 N–H and O–H groups in total. The minimum atomic E-state index is 0.259. The normalized spacial score (nSPS) is 27.2. The van der Waals surface area contributed by atoms with E-state index in [1.165, 1.54) is 11.1 Å². The smallest absolute Gasteiger partial charge is 0.0267 e. The molecule has 0 saturated carbocycles. The fraction of sp³-hybridized carbons (Fsp3) is 0.500. The maximum Gasteiger partial charge on any atom is 0.0267 e. The number of hydrogen-bond donors (Lipinski definition) is 1. The molecule has 0 radical (unpaired) electrons. The zero-order valence-corrected chi connectivity index (χ0v) is 6.02. The molecule has 1 aliphatic carbocycles. The zero-order valence-electron chi connectivity index (χ0n) is 6.02. The van der Waals surface area contributed by atoms with Crippen LogP contribution in [0.2, 0.25) is 0 Å². The van der Waals surface area contributed by atoms with Crippen LogP contribution in [0.4, 0.5) is 0 Å². The molecule has 0 aromatic carbocycles. The summed E-state index contributed by atoms with van der Waals surface area (Å²) in [7, 11) is 0. The minimum Gasteiger partial charge on any atom is -0.324 e. The Kier molecular flexibility index (Phi) is 1.72. The van der Waals surface area contributed by atoms with Gasteiger partial charge in [0.05, 0.1) is 0 Å². The van der Waals surface area contributed by atoms with Crippen molar-refractivity contribution in [2.75, 3.05) is 0 Å². The third-order valence-electron chi connectivity index (χ3n) is 1.51. The molecular formula is C8H13N. The molecule has 0 aromatic rings. The van der Waals surface area contributed by atoms with E-state index in [1.807, 2.05) is 0 Å². The van der Waals surface area contributed by atoms with Crippen molar-refractivity contribution in [3.63, 3.8) is 0 Å². The lowest BCUT2D eigenvalue weighted by atomic mass is 9.98. The van der Waals surface area contributed by atoms with Crippen molar-refractivity contribution in [2.24, 2.45) is 5.73 Å². The van der Waals surface area contributed by atoms with Crippen LogP contribution in [-0.2, 0) is 0 Å². The first-order valence-electron chi connectivity index (χ1n) is 3.29. The van der Waals surface area contributed by atoms with Gasteiger partial charge in [-0.05, 0) is 20.3 Å². The predicted molar refractivity (Wildman–Crippen MR) is 40.1 cm³/mol. The maximum atomic E-state index is 5.70. The van der Waals surface area contributed by atoms with Gasteiger partial charge in [-0.2, -0.15) is 0 Å². The average molecular weight is 123 g/mol. The standard InChI is InChI=1S/C8H13N/c1-6-3-7(2)5-8(9)4-6/h3-4,8H,5,9H2,1-2H3. The summed E-state index contributed by atoms with van der Waals surface area (Å²) in [6.07, 6.45) is 5.31. The predicted octanol–water partition coefficient (Wildman–Crippen LogP) is 1.61. The van der Waals surface area contributed by atoms with Gasteiger partial charge in [-0.25, -0.2) is 0 Å². The molecule has 1 nitrogen and oxygen atoms in total. The molecule has 50 valence electrons. The molecule has 0 heterocycles. The van der Waals surface area contributed by atoms with Crippen LogP contribution >= 0.6 is 0 Å². The molecule has 0 fully saturated rings. The van der Waals surface area contributed by atoms with E-state index >= 15 is 0 Å². The number of allylic oxidation sites excluding steroid dienone is 2. The Bertz CT molecular complexity index is 165. The molecule has 0 aromatic heterocycles. The second kappa shape index (κ2) is 2.36. The van der Waals surface area contributed by atoms with Crippen LogP contribution in [0, 0.1) is 0 Å². The molecule has 1 atom stereocenters. The Morgan fingerprint density at radius 3 is 2.67 bits per heavy atom. The van der Waals surface area contributed by atoms with Crippen LogP contribution in [0.3, 0.4) is 0 Å². The van der Waals surface area contributed by atoms with Crippen LogP contribution in [0.15, 0.2) is 23.3 Å². The van der Waals surface area contributed by atoms with Crippen LogP contribution in [-0.4, -0.2) is 6.04 Å². The topological polar surface area (TPSA) is 26.0 Å². The van der Waals surface area contributed by atoms with Gasteiger partial charge in [-0.3, -0.25) is 0 Å². The van der Waals surface area contributed by atoms with Crippen LogP contribution in [0.5, 0.6) is 0 Å². The van der Waals surface area contributed by atoms with Crippen molar-refractivity contribution in [1.29, 1.82) is 0 Å². The quantitative estimate of drug-likeness (QED) is 0.520. The van der Waals surface area contributed by atoms with E-state index in [1.54, 1.807) is 0 Å². The number of rotatable bonds is 0. The zero-order chi connectivity index (χ0) is 6.85. The van der Waals surface area contributed by atoms with Crippen molar-refractivity contribution >= 4 is 0 Å². The third kappa shape index (κ3) is 1.68. The summed E-state index contributed by atoms with van der Waals surface area (Å²) < 4.78 is 0. The second-order valence-corrected chi connectivity index (χ2v) is 2.77. The molecular weight excluding hydrogens is 110 g/mol. The highest BCUT2D eigenvalue weighted by Gasteiger charge is 2.04. The number of hydrogen-bond acceptors (Lipinski definition) is 1. The van der Waals surface area contributed by atoms with Crippen molar-refractivity contribution in [3.8, 4) is 0 Å². The van der Waals surface area contributed by atoms with E-state index in [-0.39, 0.29) is 6.04 Å². The largest absolute Gasteiger partial charge is 0.324 e. The summed E-state index contributed by atoms with van der Waals surface area (Å²) in [5, 5.41) is 0. The maximum absolute atomic E-state index is 5.70. The first-order chi connectivity index (χ1) is 4.18. The van der Waals surface area contributed by atoms with Gasteiger partial charge >= 0.3 is 0 Å². The van der Waals surface area contributed by atoms with Gasteiger partial charge in [0.1, 0.15) is 0 Å². The molecule has 9 heavy (non-hydrogen) atoms. The Morgan fingerprint density at radius 2 is 2.22 bits per heavy atom. The van der Waals surface area contributed by atoms with Gasteiger partial charge in [0.15, 0.2) is 0 Å². The lowest BCUT2D eigenvalue weighted by molar-refractivity contribution is 0.782. The SMILES string of the molecule is CC1=CC(N)CC(C)=C1. The molecule has 0 bridgehead atoms. The van der Waals surface area contributed by atoms with Crippen molar-refractivity contribution in [1.82, 2.24) is 0 Å². The van der Waals surface area contributed by atoms with Gasteiger partial charge < -0.3 is 5.73 Å². The van der Waals surface area contributed by atoms with E-state index in [0.717, 1.165) is 6.42 Å². The van der Waals surface area contributed by atoms with Crippen LogP contribution in [0.25, 0.3) is 0 Å². The van der Waals surface area contributed by atoms with Crippen molar-refractivity contribution in [3.05, 3.63) is 23.3 Å². The monoisotopic (exact) mass is 123 g/mol. The van der Waals surface area contributed by atoms with Crippen molar-refractivity contribution in [2.45, 2.75) is 26.3 Å². The second-order valence-electron chi connectivity index (χ2n) is 2.77. The molecule has 1 rings (SSSR count). The molecule has 1 aliphatic rings. The van der Waals surface area contributed by atoms with Crippen LogP contribution < -0.4 is 5.73 Å². The molecule has 0 spiro atoms. The average Bonchev–Trinajstić information content (AvgIpc) is 1.59. The lowest BCUT2D eigenvalue weighted by Crippen LogP contribution is -2.19. The Hall–Kier alpha value is -0.560. The summed E-state index contributed by atoms with van der Waals surface area (Å²) in [4.78, 5) is 0. The summed E-state index contributed by atoms with van der Waals surface area (Å²) >= 11 is 0. The Balaban J connectivity index is 2.74. The van der Waals surface area contributed by atoms with Crippen LogP contribution in [0.1, 0.15) is 20.3 Å². The molecule has 1 unspecified atom stereocenters. The van der Waals surface area contributed by atoms with E-state index in [2.05, 4.69) is 26.0 Å². The fourth-order valence-electron chi connectivity index (χ4n) is 1.26. The Morgan fingerprint density at radius 1 is 1.56 bits per heavy atom. The fourth-order valence-corrected chi connectivity index (χ4v) is 1.26. The van der Waals surface area contributed by atoms with Gasteiger partial charge in [0.25, 0.3) is 0 Å². The van der Waals surface area contributed by atoms with Crippen molar-refractivity contribution < 1.29 is 0 Å². The lowest BCUT2D eigenvalue weighted by Gasteiger charge is -2.13. The highest BCUT2D eigenvalue weighted by atomic mass is 14.6. The summed E-state index contributed by atoms with van der Waals surface area (Å²) in [6.45, 7) is 4.21. The summed E-state index contributed by atoms with van der Waals surface area (Å²) in [5.74, 6) is 0. The first kappa shape index (κ1) is 6.56. The molecule has 0 aliphatic heterocycles. The van der Waals surface area contributed by atoms with Gasteiger partial charge in [-0.1, -0.05) is 23.3 Å². The summed E-state index contributed by atoms with van der Waals surface area (Å²) in [5.41, 5.74) is 8.39. The molecule has 0 amide bonds. The van der Waals surface area contributed by atoms with Gasteiger partial charge in [0.2, 0.25) is 0 Å². The van der Waals surface area contributed by atoms with Gasteiger partial charge in [-0.15, -0.1) is 0 Å². The number of nitrogens with two attached hydrogens (primary N) is 1. The van der Waals surface area contributed by atoms with E-state index in [9.17, 15) is 0 Å². The highest BCUT2D eigenvalue weighted by Crippen LogP contribution is 2.14. The minimum absolute atomic E-state index is 0.259. The van der Waals surface area contributed by atoms with E-state index in [0.29, 0.717) is 0 Å². The summed E-state index contributed by atoms with van der Waals surface area (Å²) in [6, 6.07) is 0.259. The van der Waals surface area contributed by atoms with Gasteiger partial charge in [0, 0.05) is 6.04 Å². The first-order valence-corrected chi connectivity index (χ1v) is 3.29. The Labute approximate surface area is 56.2 Å². The van der Waals surface area contributed by atoms with E-state index in [4.69, 9.17) is 5.73 Å². The molecule has 1 heteroatoms. The van der Waals surface area contributed by atoms with E-state index < -0.39 is 0 Å². The third-order valence-corrected chi connectivity index (χ3v) is 1.51.